The van der Waals surface area contributed by atoms with Gasteiger partial charge in [-0.15, -0.1) is 0 Å². The number of rotatable bonds is 7. The summed E-state index contributed by atoms with van der Waals surface area (Å²) < 4.78 is 49.0. The normalized spacial score (nSPS) is 11.3. The van der Waals surface area contributed by atoms with Crippen molar-refractivity contribution in [1.82, 2.24) is 5.32 Å². The zero-order valence-corrected chi connectivity index (χ0v) is 11.3. The number of amides is 1. The minimum Gasteiger partial charge on any atom is -0.362 e. The quantitative estimate of drug-likeness (QED) is 0.753. The van der Waals surface area contributed by atoms with Gasteiger partial charge in [0.15, 0.2) is 0 Å². The number of benzene rings is 1. The van der Waals surface area contributed by atoms with Gasteiger partial charge in [-0.2, -0.15) is 13.2 Å². The molecule has 8 heteroatoms. The number of halogens is 4. The molecule has 1 amide bonds. The molecule has 0 heterocycles. The van der Waals surface area contributed by atoms with Crippen LogP contribution >= 0.6 is 0 Å². The molecule has 0 atom stereocenters. The Hall–Kier alpha value is -1.83. The van der Waals surface area contributed by atoms with E-state index in [9.17, 15) is 22.4 Å². The fourth-order valence-electron chi connectivity index (χ4n) is 1.66. The van der Waals surface area contributed by atoms with E-state index in [0.717, 1.165) is 0 Å². The average molecular weight is 307 g/mol. The van der Waals surface area contributed by atoms with E-state index in [0.29, 0.717) is 25.2 Å². The number of nitrogens with two attached hydrogens (primary N) is 1. The Morgan fingerprint density at radius 2 is 1.86 bits per heavy atom. The van der Waals surface area contributed by atoms with Crippen molar-refractivity contribution in [3.05, 3.63) is 30.1 Å². The monoisotopic (exact) mass is 307 g/mol. The molecule has 118 valence electrons. The Morgan fingerprint density at radius 1 is 1.24 bits per heavy atom. The molecule has 0 saturated carbocycles. The maximum atomic E-state index is 12.9. The Labute approximate surface area is 119 Å². The van der Waals surface area contributed by atoms with Gasteiger partial charge in [0.05, 0.1) is 6.54 Å². The number of hydrogen-bond acceptors (Lipinski definition) is 3. The number of anilines is 1. The number of carbonyl (C=O) groups excluding carboxylic acids is 1. The van der Waals surface area contributed by atoms with E-state index in [1.54, 1.807) is 10.2 Å². The molecule has 0 fully saturated rings. The summed E-state index contributed by atoms with van der Waals surface area (Å²) >= 11 is 0. The largest absolute Gasteiger partial charge is 0.405 e. The van der Waals surface area contributed by atoms with E-state index >= 15 is 0 Å². The zero-order chi connectivity index (χ0) is 15.9. The first-order valence-electron chi connectivity index (χ1n) is 6.36. The van der Waals surface area contributed by atoms with Crippen molar-refractivity contribution in [1.29, 1.82) is 0 Å². The Bertz CT molecular complexity index is 448. The van der Waals surface area contributed by atoms with E-state index < -0.39 is 24.4 Å². The molecule has 0 spiro atoms. The highest BCUT2D eigenvalue weighted by molar-refractivity contribution is 5.81. The predicted octanol–water partition coefficient (Wildman–Crippen LogP) is 1.66. The molecule has 0 aliphatic heterocycles. The lowest BCUT2D eigenvalue weighted by Gasteiger charge is -2.24. The molecule has 0 aliphatic carbocycles. The second-order valence-electron chi connectivity index (χ2n) is 4.43. The van der Waals surface area contributed by atoms with Gasteiger partial charge in [-0.1, -0.05) is 0 Å². The molecule has 0 aliphatic rings. The fourth-order valence-corrected chi connectivity index (χ4v) is 1.66. The van der Waals surface area contributed by atoms with Crippen molar-refractivity contribution < 1.29 is 22.4 Å². The van der Waals surface area contributed by atoms with Crippen LogP contribution in [-0.4, -0.2) is 38.3 Å². The first kappa shape index (κ1) is 17.2. The highest BCUT2D eigenvalue weighted by Gasteiger charge is 2.27. The maximum Gasteiger partial charge on any atom is 0.405 e. The molecule has 4 nitrogen and oxygen atoms in total. The van der Waals surface area contributed by atoms with Crippen molar-refractivity contribution in [2.75, 3.05) is 31.1 Å². The summed E-state index contributed by atoms with van der Waals surface area (Å²) in [6, 6.07) is 5.36. The number of alkyl halides is 3. The third-order valence-electron chi connectivity index (χ3n) is 2.64. The van der Waals surface area contributed by atoms with Gasteiger partial charge in [0.25, 0.3) is 0 Å². The number of nitrogens with one attached hydrogen (secondary N) is 1. The van der Waals surface area contributed by atoms with Gasteiger partial charge in [-0.3, -0.25) is 4.79 Å². The summed E-state index contributed by atoms with van der Waals surface area (Å²) in [5.74, 6) is -1.19. The van der Waals surface area contributed by atoms with Crippen molar-refractivity contribution in [2.24, 2.45) is 5.73 Å². The lowest BCUT2D eigenvalue weighted by Crippen LogP contribution is -2.41. The highest BCUT2D eigenvalue weighted by Crippen LogP contribution is 2.15. The van der Waals surface area contributed by atoms with Gasteiger partial charge in [0, 0.05) is 12.2 Å². The maximum absolute atomic E-state index is 12.9. The summed E-state index contributed by atoms with van der Waals surface area (Å²) in [5.41, 5.74) is 5.94. The number of nitrogens with zero attached hydrogens (tertiary/aromatic N) is 1. The Kier molecular flexibility index (Phi) is 6.41. The molecule has 0 radical (unpaired) electrons. The molecule has 0 unspecified atom stereocenters. The van der Waals surface area contributed by atoms with Gasteiger partial charge >= 0.3 is 6.18 Å². The van der Waals surface area contributed by atoms with Gasteiger partial charge in [0.2, 0.25) is 5.91 Å². The molecule has 3 N–H and O–H groups in total. The minimum atomic E-state index is -4.45. The van der Waals surface area contributed by atoms with Crippen LogP contribution in [0.25, 0.3) is 0 Å². The van der Waals surface area contributed by atoms with Gasteiger partial charge in [-0.25, -0.2) is 4.39 Å². The first-order chi connectivity index (χ1) is 9.81. The standard InChI is InChI=1S/C13H17F4N3O/c14-10-2-4-11(5-3-10)20(7-1-6-18)8-12(21)19-9-13(15,16)17/h2-5H,1,6-9,18H2,(H,19,21). The van der Waals surface area contributed by atoms with Crippen molar-refractivity contribution in [2.45, 2.75) is 12.6 Å². The van der Waals surface area contributed by atoms with Crippen LogP contribution in [0.5, 0.6) is 0 Å². The summed E-state index contributed by atoms with van der Waals surface area (Å²) in [6.07, 6.45) is -3.89. The summed E-state index contributed by atoms with van der Waals surface area (Å²) in [6.45, 7) is -0.856. The van der Waals surface area contributed by atoms with Crippen LogP contribution in [0.2, 0.25) is 0 Å². The van der Waals surface area contributed by atoms with Crippen LogP contribution < -0.4 is 16.0 Å². The van der Waals surface area contributed by atoms with Crippen molar-refractivity contribution in [3.8, 4) is 0 Å². The van der Waals surface area contributed by atoms with Crippen LogP contribution in [0, 0.1) is 5.82 Å². The van der Waals surface area contributed by atoms with E-state index in [-0.39, 0.29) is 6.54 Å². The third kappa shape index (κ3) is 6.94. The SMILES string of the molecule is NCCCN(CC(=O)NCC(F)(F)F)c1ccc(F)cc1. The molecule has 1 aromatic rings. The molecule has 0 bridgehead atoms. The Morgan fingerprint density at radius 3 is 2.38 bits per heavy atom. The molecular formula is C13H17F4N3O. The van der Waals surface area contributed by atoms with Crippen LogP contribution in [0.3, 0.4) is 0 Å². The predicted molar refractivity (Wildman–Crippen MR) is 71.3 cm³/mol. The Balaban J connectivity index is 2.65. The highest BCUT2D eigenvalue weighted by atomic mass is 19.4. The first-order valence-corrected chi connectivity index (χ1v) is 6.36. The number of hydrogen-bond donors (Lipinski definition) is 2. The molecule has 1 rings (SSSR count). The van der Waals surface area contributed by atoms with Crippen LogP contribution in [0.15, 0.2) is 24.3 Å². The van der Waals surface area contributed by atoms with Gasteiger partial charge in [0.1, 0.15) is 12.4 Å². The topological polar surface area (TPSA) is 58.4 Å². The molecule has 21 heavy (non-hydrogen) atoms. The zero-order valence-electron chi connectivity index (χ0n) is 11.3. The summed E-state index contributed by atoms with van der Waals surface area (Å²) in [7, 11) is 0. The minimum absolute atomic E-state index is 0.248. The lowest BCUT2D eigenvalue weighted by molar-refractivity contribution is -0.137. The van der Waals surface area contributed by atoms with Crippen LogP contribution in [0.4, 0.5) is 23.2 Å². The summed E-state index contributed by atoms with van der Waals surface area (Å²) in [4.78, 5) is 13.1. The molecule has 0 aromatic heterocycles. The van der Waals surface area contributed by atoms with Crippen molar-refractivity contribution in [3.63, 3.8) is 0 Å². The molecule has 1 aromatic carbocycles. The summed E-state index contributed by atoms with van der Waals surface area (Å²) in [5, 5.41) is 1.80. The molecule has 0 saturated heterocycles. The fraction of sp³-hybridized carbons (Fsp3) is 0.462. The lowest BCUT2D eigenvalue weighted by atomic mass is 10.2. The average Bonchev–Trinajstić information content (AvgIpc) is 2.41. The van der Waals surface area contributed by atoms with E-state index in [2.05, 4.69) is 0 Å². The van der Waals surface area contributed by atoms with Crippen LogP contribution in [0.1, 0.15) is 6.42 Å². The second kappa shape index (κ2) is 7.82. The smallest absolute Gasteiger partial charge is 0.362 e. The number of carbonyl (C=O) groups is 1. The van der Waals surface area contributed by atoms with Gasteiger partial charge in [-0.05, 0) is 37.2 Å². The van der Waals surface area contributed by atoms with E-state index in [4.69, 9.17) is 5.73 Å². The van der Waals surface area contributed by atoms with Crippen molar-refractivity contribution >= 4 is 11.6 Å². The van der Waals surface area contributed by atoms with Crippen LogP contribution in [-0.2, 0) is 4.79 Å². The third-order valence-corrected chi connectivity index (χ3v) is 2.64. The van der Waals surface area contributed by atoms with E-state index in [1.807, 2.05) is 0 Å². The second-order valence-corrected chi connectivity index (χ2v) is 4.43. The van der Waals surface area contributed by atoms with Gasteiger partial charge < -0.3 is 16.0 Å². The molecular weight excluding hydrogens is 290 g/mol. The van der Waals surface area contributed by atoms with E-state index in [1.165, 1.54) is 24.3 Å².